The minimum atomic E-state index is 0.663. The third kappa shape index (κ3) is 1.75. The van der Waals surface area contributed by atoms with Crippen LogP contribution in [0.4, 0.5) is 0 Å². The van der Waals surface area contributed by atoms with E-state index in [9.17, 15) is 5.21 Å². The van der Waals surface area contributed by atoms with Crippen molar-refractivity contribution >= 4 is 15.9 Å². The minimum Gasteiger partial charge on any atom is -0.711 e. The van der Waals surface area contributed by atoms with Crippen LogP contribution >= 0.6 is 15.9 Å². The monoisotopic (exact) mass is 250 g/mol. The molecule has 0 aliphatic carbocycles. The van der Waals surface area contributed by atoms with Gasteiger partial charge in [0.2, 0.25) is 0 Å². The van der Waals surface area contributed by atoms with E-state index in [4.69, 9.17) is 0 Å². The molecule has 70 valence electrons. The van der Waals surface area contributed by atoms with Crippen molar-refractivity contribution in [2.75, 3.05) is 0 Å². The van der Waals surface area contributed by atoms with E-state index in [0.717, 1.165) is 11.3 Å². The first kappa shape index (κ1) is 9.15. The molecule has 4 heteroatoms. The van der Waals surface area contributed by atoms with Gasteiger partial charge in [-0.15, -0.1) is 0 Å². The van der Waals surface area contributed by atoms with Crippen LogP contribution in [0.1, 0.15) is 0 Å². The molecule has 2 rings (SSSR count). The van der Waals surface area contributed by atoms with Gasteiger partial charge < -0.3 is 5.21 Å². The molecule has 0 atom stereocenters. The molecule has 0 fully saturated rings. The molecule has 0 saturated heterocycles. The lowest BCUT2D eigenvalue weighted by atomic mass is 10.1. The molecular weight excluding hydrogens is 244 g/mol. The van der Waals surface area contributed by atoms with E-state index >= 15 is 0 Å². The lowest BCUT2D eigenvalue weighted by molar-refractivity contribution is -0.609. The molecule has 2 aromatic rings. The molecule has 0 amide bonds. The van der Waals surface area contributed by atoms with Crippen LogP contribution in [0.2, 0.25) is 0 Å². The molecule has 1 aromatic carbocycles. The first-order valence-electron chi connectivity index (χ1n) is 4.07. The number of hydrogen-bond donors (Lipinski definition) is 0. The van der Waals surface area contributed by atoms with E-state index in [1.807, 2.05) is 30.3 Å². The van der Waals surface area contributed by atoms with E-state index in [1.54, 1.807) is 0 Å². The Kier molecular flexibility index (Phi) is 2.45. The van der Waals surface area contributed by atoms with Crippen LogP contribution in [-0.2, 0) is 0 Å². The summed E-state index contributed by atoms with van der Waals surface area (Å²) in [5, 5.41) is 10.9. The average molecular weight is 251 g/mol. The Bertz CT molecular complexity index is 445. The topological polar surface area (TPSA) is 39.8 Å². The Morgan fingerprint density at radius 2 is 1.93 bits per heavy atom. The van der Waals surface area contributed by atoms with Crippen LogP contribution in [0.15, 0.2) is 47.3 Å². The molecule has 0 spiro atoms. The smallest absolute Gasteiger partial charge is 0.289 e. The van der Waals surface area contributed by atoms with Gasteiger partial charge in [-0.1, -0.05) is 30.3 Å². The predicted octanol–water partition coefficient (Wildman–Crippen LogP) is 2.14. The molecule has 0 bridgehead atoms. The van der Waals surface area contributed by atoms with Crippen LogP contribution in [0, 0.1) is 5.21 Å². The summed E-state index contributed by atoms with van der Waals surface area (Å²) in [6.45, 7) is 0. The number of halogens is 1. The zero-order valence-electron chi connectivity index (χ0n) is 7.22. The summed E-state index contributed by atoms with van der Waals surface area (Å²) in [6, 6.07) is 9.70. The van der Waals surface area contributed by atoms with E-state index < -0.39 is 0 Å². The Hall–Kier alpha value is -1.42. The quantitative estimate of drug-likeness (QED) is 0.575. The molecule has 0 aliphatic heterocycles. The Morgan fingerprint density at radius 3 is 2.57 bits per heavy atom. The normalized spacial score (nSPS) is 10.1. The van der Waals surface area contributed by atoms with Gasteiger partial charge in [0.05, 0.1) is 0 Å². The van der Waals surface area contributed by atoms with Crippen molar-refractivity contribution in [3.05, 3.63) is 52.5 Å². The van der Waals surface area contributed by atoms with Crippen LogP contribution in [-0.4, -0.2) is 4.98 Å². The summed E-state index contributed by atoms with van der Waals surface area (Å²) in [7, 11) is 0. The third-order valence-electron chi connectivity index (χ3n) is 1.81. The van der Waals surface area contributed by atoms with Crippen molar-refractivity contribution in [2.24, 2.45) is 0 Å². The maximum atomic E-state index is 10.9. The second-order valence-corrected chi connectivity index (χ2v) is 3.65. The average Bonchev–Trinajstić information content (AvgIpc) is 2.19. The highest BCUT2D eigenvalue weighted by Crippen LogP contribution is 2.23. The molecule has 0 N–H and O–H groups in total. The predicted molar refractivity (Wildman–Crippen MR) is 56.3 cm³/mol. The maximum absolute atomic E-state index is 10.9. The molecule has 14 heavy (non-hydrogen) atoms. The summed E-state index contributed by atoms with van der Waals surface area (Å²) in [6.07, 6.45) is 2.68. The number of nitrogens with zero attached hydrogens (tertiary/aromatic N) is 2. The van der Waals surface area contributed by atoms with Crippen molar-refractivity contribution in [3.63, 3.8) is 0 Å². The third-order valence-corrected chi connectivity index (χ3v) is 2.39. The molecule has 0 radical (unpaired) electrons. The van der Waals surface area contributed by atoms with Gasteiger partial charge in [-0.3, -0.25) is 0 Å². The molecule has 1 aromatic heterocycles. The number of rotatable bonds is 1. The van der Waals surface area contributed by atoms with E-state index in [2.05, 4.69) is 20.9 Å². The summed E-state index contributed by atoms with van der Waals surface area (Å²) < 4.78 is 1.36. The Morgan fingerprint density at radius 1 is 1.21 bits per heavy atom. The molecule has 0 saturated carbocycles. The zero-order chi connectivity index (χ0) is 9.97. The van der Waals surface area contributed by atoms with Gasteiger partial charge in [0.15, 0.2) is 5.69 Å². The summed E-state index contributed by atoms with van der Waals surface area (Å²) in [5.74, 6) is 0. The second kappa shape index (κ2) is 3.75. The standard InChI is InChI=1S/C10H7BrN2O/c11-9-6-13(14)7-12-10(9)8-4-2-1-3-5-8/h1-7H. The molecule has 1 heterocycles. The van der Waals surface area contributed by atoms with Gasteiger partial charge in [0.1, 0.15) is 10.7 Å². The van der Waals surface area contributed by atoms with Gasteiger partial charge in [-0.05, 0) is 20.9 Å². The van der Waals surface area contributed by atoms with Gasteiger partial charge in [-0.25, -0.2) is 4.73 Å². The largest absolute Gasteiger partial charge is 0.711 e. The zero-order valence-corrected chi connectivity index (χ0v) is 8.81. The molecular formula is C10H7BrN2O. The second-order valence-electron chi connectivity index (χ2n) is 2.80. The van der Waals surface area contributed by atoms with Crippen LogP contribution in [0.25, 0.3) is 11.3 Å². The fraction of sp³-hybridized carbons (Fsp3) is 0. The highest BCUT2D eigenvalue weighted by molar-refractivity contribution is 9.10. The Labute approximate surface area is 89.8 Å². The van der Waals surface area contributed by atoms with E-state index in [-0.39, 0.29) is 0 Å². The first-order chi connectivity index (χ1) is 6.77. The summed E-state index contributed by atoms with van der Waals surface area (Å²) in [5.41, 5.74) is 1.76. The van der Waals surface area contributed by atoms with Gasteiger partial charge in [0, 0.05) is 5.56 Å². The highest BCUT2D eigenvalue weighted by atomic mass is 79.9. The van der Waals surface area contributed by atoms with Crippen LogP contribution < -0.4 is 4.73 Å². The van der Waals surface area contributed by atoms with Crippen LogP contribution in [0.5, 0.6) is 0 Å². The van der Waals surface area contributed by atoms with Crippen molar-refractivity contribution in [1.29, 1.82) is 0 Å². The number of aromatic nitrogens is 2. The van der Waals surface area contributed by atoms with E-state index in [0.29, 0.717) is 9.20 Å². The number of hydrogen-bond acceptors (Lipinski definition) is 2. The molecule has 0 aliphatic rings. The van der Waals surface area contributed by atoms with Gasteiger partial charge >= 0.3 is 0 Å². The highest BCUT2D eigenvalue weighted by Gasteiger charge is 2.09. The van der Waals surface area contributed by atoms with Crippen molar-refractivity contribution < 1.29 is 4.73 Å². The summed E-state index contributed by atoms with van der Waals surface area (Å²) in [4.78, 5) is 4.05. The van der Waals surface area contributed by atoms with Crippen molar-refractivity contribution in [2.45, 2.75) is 0 Å². The lowest BCUT2D eigenvalue weighted by Crippen LogP contribution is -2.25. The van der Waals surface area contributed by atoms with E-state index in [1.165, 1.54) is 12.5 Å². The first-order valence-corrected chi connectivity index (χ1v) is 4.86. The lowest BCUT2D eigenvalue weighted by Gasteiger charge is -2.01. The maximum Gasteiger partial charge on any atom is 0.289 e. The van der Waals surface area contributed by atoms with Crippen LogP contribution in [0.3, 0.4) is 0 Å². The SMILES string of the molecule is [O-][n+]1cnc(-c2ccccc2)c(Br)c1. The summed E-state index contributed by atoms with van der Waals surface area (Å²) >= 11 is 3.30. The number of benzene rings is 1. The Balaban J connectivity index is 2.53. The minimum absolute atomic E-state index is 0.663. The molecule has 0 unspecified atom stereocenters. The van der Waals surface area contributed by atoms with Crippen molar-refractivity contribution in [3.8, 4) is 11.3 Å². The van der Waals surface area contributed by atoms with Gasteiger partial charge in [0.25, 0.3) is 6.33 Å². The van der Waals surface area contributed by atoms with Crippen molar-refractivity contribution in [1.82, 2.24) is 4.98 Å². The van der Waals surface area contributed by atoms with Gasteiger partial charge in [-0.2, -0.15) is 0 Å². The fourth-order valence-electron chi connectivity index (χ4n) is 1.19. The fourth-order valence-corrected chi connectivity index (χ4v) is 1.72. The molecule has 3 nitrogen and oxygen atoms in total.